The number of rotatable bonds is 49. The van der Waals surface area contributed by atoms with Crippen LogP contribution in [-0.4, -0.2) is 47.4 Å². The normalized spacial score (nSPS) is 12.7. The molecule has 0 aromatic heterocycles. The Bertz CT molecular complexity index is 878. The zero-order valence-electron chi connectivity index (χ0n) is 39.7. The molecule has 3 N–H and O–H groups in total. The Kier molecular flexibility index (Phi) is 48.1. The summed E-state index contributed by atoms with van der Waals surface area (Å²) in [4.78, 5) is 24.5. The fourth-order valence-corrected chi connectivity index (χ4v) is 8.22. The summed E-state index contributed by atoms with van der Waals surface area (Å²) in [5, 5.41) is 23.1. The summed E-state index contributed by atoms with van der Waals surface area (Å²) in [6, 6.07) is -0.559. The van der Waals surface area contributed by atoms with Crippen LogP contribution in [0, 0.1) is 0 Å². The van der Waals surface area contributed by atoms with Gasteiger partial charge in [-0.25, -0.2) is 0 Å². The molecule has 0 aromatic rings. The van der Waals surface area contributed by atoms with Gasteiger partial charge in [-0.3, -0.25) is 9.59 Å². The number of allylic oxidation sites excluding steroid dienone is 2. The van der Waals surface area contributed by atoms with E-state index in [0.29, 0.717) is 25.9 Å². The predicted molar refractivity (Wildman–Crippen MR) is 255 cm³/mol. The number of hydrogen-bond donors (Lipinski definition) is 3. The first kappa shape index (κ1) is 57.6. The second kappa shape index (κ2) is 49.3. The minimum absolute atomic E-state index is 0.00857. The third-order valence-corrected chi connectivity index (χ3v) is 12.3. The van der Waals surface area contributed by atoms with E-state index in [-0.39, 0.29) is 18.5 Å². The average molecular weight is 834 g/mol. The van der Waals surface area contributed by atoms with Gasteiger partial charge >= 0.3 is 5.97 Å². The number of carbonyl (C=O) groups excluding carboxylic acids is 2. The van der Waals surface area contributed by atoms with E-state index in [0.717, 1.165) is 70.6 Å². The second-order valence-corrected chi connectivity index (χ2v) is 18.2. The van der Waals surface area contributed by atoms with Gasteiger partial charge in [0.15, 0.2) is 0 Å². The Morgan fingerprint density at radius 2 is 0.797 bits per heavy atom. The highest BCUT2D eigenvalue weighted by atomic mass is 16.5. The third-order valence-electron chi connectivity index (χ3n) is 12.3. The first-order chi connectivity index (χ1) is 29.0. The van der Waals surface area contributed by atoms with Gasteiger partial charge in [0.25, 0.3) is 0 Å². The van der Waals surface area contributed by atoms with Crippen LogP contribution in [0.15, 0.2) is 12.2 Å². The van der Waals surface area contributed by atoms with Gasteiger partial charge in [-0.1, -0.05) is 238 Å². The van der Waals surface area contributed by atoms with Crippen molar-refractivity contribution in [2.75, 3.05) is 13.2 Å². The molecule has 59 heavy (non-hydrogen) atoms. The highest BCUT2D eigenvalue weighted by Crippen LogP contribution is 2.17. The molecule has 0 aliphatic rings. The van der Waals surface area contributed by atoms with Gasteiger partial charge in [-0.2, -0.15) is 0 Å². The van der Waals surface area contributed by atoms with Crippen molar-refractivity contribution >= 4 is 11.9 Å². The third kappa shape index (κ3) is 45.9. The molecule has 0 radical (unpaired) electrons. The second-order valence-electron chi connectivity index (χ2n) is 18.2. The van der Waals surface area contributed by atoms with Gasteiger partial charge < -0.3 is 20.3 Å². The number of esters is 1. The molecular formula is C53H103NO5. The van der Waals surface area contributed by atoms with Gasteiger partial charge in [0.05, 0.1) is 25.4 Å². The minimum Gasteiger partial charge on any atom is -0.466 e. The van der Waals surface area contributed by atoms with E-state index in [1.54, 1.807) is 0 Å². The number of ether oxygens (including phenoxy) is 1. The maximum Gasteiger partial charge on any atom is 0.305 e. The number of aliphatic hydroxyl groups excluding tert-OH is 2. The molecule has 0 saturated heterocycles. The molecular weight excluding hydrogens is 731 g/mol. The van der Waals surface area contributed by atoms with Gasteiger partial charge in [-0.15, -0.1) is 0 Å². The largest absolute Gasteiger partial charge is 0.466 e. The minimum atomic E-state index is -0.679. The van der Waals surface area contributed by atoms with E-state index in [4.69, 9.17) is 4.74 Å². The van der Waals surface area contributed by atoms with Crippen molar-refractivity contribution < 1.29 is 24.5 Å². The lowest BCUT2D eigenvalue weighted by molar-refractivity contribution is -0.143. The zero-order valence-corrected chi connectivity index (χ0v) is 39.7. The summed E-state index contributed by atoms with van der Waals surface area (Å²) in [6.45, 7) is 4.92. The average Bonchev–Trinajstić information content (AvgIpc) is 3.24. The Morgan fingerprint density at radius 3 is 1.22 bits per heavy atom. The maximum atomic E-state index is 12.4. The molecule has 2 atom stereocenters. The Morgan fingerprint density at radius 1 is 0.458 bits per heavy atom. The molecule has 2 unspecified atom stereocenters. The molecule has 0 aliphatic carbocycles. The Balaban J connectivity index is 3.46. The van der Waals surface area contributed by atoms with Gasteiger partial charge in [0, 0.05) is 12.8 Å². The molecule has 350 valence electrons. The highest BCUT2D eigenvalue weighted by molar-refractivity contribution is 5.76. The summed E-state index contributed by atoms with van der Waals surface area (Å²) < 4.78 is 5.47. The van der Waals surface area contributed by atoms with E-state index >= 15 is 0 Å². The standard InChI is InChI=1S/C53H103NO5/c1-3-5-7-9-11-13-15-17-18-19-20-23-27-31-35-39-43-47-53(58)59-48-44-40-36-32-28-24-21-22-26-30-34-38-42-46-52(57)54-50(49-55)51(56)45-41-37-33-29-25-16-14-12-10-8-6-4-2/h22,26,50-51,55-56H,3-21,23-25,27-49H2,1-2H3,(H,54,57)/b26-22-. The first-order valence-corrected chi connectivity index (χ1v) is 26.4. The molecule has 0 rings (SSSR count). The van der Waals surface area contributed by atoms with Crippen molar-refractivity contribution in [3.63, 3.8) is 0 Å². The Labute approximate surface area is 368 Å². The van der Waals surface area contributed by atoms with Crippen molar-refractivity contribution in [1.82, 2.24) is 5.32 Å². The Hall–Kier alpha value is -1.40. The smallest absolute Gasteiger partial charge is 0.305 e. The molecule has 6 nitrogen and oxygen atoms in total. The monoisotopic (exact) mass is 834 g/mol. The molecule has 0 aliphatic heterocycles. The van der Waals surface area contributed by atoms with Crippen molar-refractivity contribution in [3.8, 4) is 0 Å². The van der Waals surface area contributed by atoms with E-state index < -0.39 is 12.1 Å². The summed E-state index contributed by atoms with van der Waals surface area (Å²) >= 11 is 0. The molecule has 0 aromatic carbocycles. The lowest BCUT2D eigenvalue weighted by Gasteiger charge is -2.22. The van der Waals surface area contributed by atoms with E-state index in [9.17, 15) is 19.8 Å². The van der Waals surface area contributed by atoms with Gasteiger partial charge in [-0.05, 0) is 51.4 Å². The fourth-order valence-electron chi connectivity index (χ4n) is 8.22. The van der Waals surface area contributed by atoms with E-state index in [2.05, 4.69) is 31.3 Å². The maximum absolute atomic E-state index is 12.4. The van der Waals surface area contributed by atoms with Crippen molar-refractivity contribution in [2.24, 2.45) is 0 Å². The molecule has 1 amide bonds. The topological polar surface area (TPSA) is 95.9 Å². The highest BCUT2D eigenvalue weighted by Gasteiger charge is 2.20. The molecule has 0 heterocycles. The quantitative estimate of drug-likeness (QED) is 0.0322. The van der Waals surface area contributed by atoms with Crippen molar-refractivity contribution in [1.29, 1.82) is 0 Å². The first-order valence-electron chi connectivity index (χ1n) is 26.4. The predicted octanol–water partition coefficient (Wildman–Crippen LogP) is 15.7. The van der Waals surface area contributed by atoms with Crippen LogP contribution in [0.25, 0.3) is 0 Å². The van der Waals surface area contributed by atoms with Crippen LogP contribution in [0.1, 0.15) is 290 Å². The van der Waals surface area contributed by atoms with Gasteiger partial charge in [0.2, 0.25) is 5.91 Å². The molecule has 0 bridgehead atoms. The number of hydrogen-bond acceptors (Lipinski definition) is 5. The SMILES string of the molecule is CCCCCCCCCCCCCCCCCCCC(=O)OCCCCCCCC/C=C\CCCCCC(=O)NC(CO)C(O)CCCCCCCCCCCCCC. The number of amides is 1. The number of nitrogens with one attached hydrogen (secondary N) is 1. The van der Waals surface area contributed by atoms with Crippen LogP contribution >= 0.6 is 0 Å². The van der Waals surface area contributed by atoms with Crippen molar-refractivity contribution in [3.05, 3.63) is 12.2 Å². The zero-order chi connectivity index (χ0) is 43.0. The van der Waals surface area contributed by atoms with E-state index in [1.165, 1.54) is 186 Å². The van der Waals surface area contributed by atoms with Crippen LogP contribution in [0.3, 0.4) is 0 Å². The van der Waals surface area contributed by atoms with Crippen LogP contribution < -0.4 is 5.32 Å². The lowest BCUT2D eigenvalue weighted by atomic mass is 10.0. The summed E-state index contributed by atoms with van der Waals surface area (Å²) in [7, 11) is 0. The fraction of sp³-hybridized carbons (Fsp3) is 0.925. The van der Waals surface area contributed by atoms with Crippen LogP contribution in [-0.2, 0) is 14.3 Å². The van der Waals surface area contributed by atoms with E-state index in [1.807, 2.05) is 0 Å². The van der Waals surface area contributed by atoms with Crippen LogP contribution in [0.2, 0.25) is 0 Å². The summed E-state index contributed by atoms with van der Waals surface area (Å²) in [5.74, 6) is -0.0732. The lowest BCUT2D eigenvalue weighted by Crippen LogP contribution is -2.45. The summed E-state index contributed by atoms with van der Waals surface area (Å²) in [5.41, 5.74) is 0. The molecule has 0 saturated carbocycles. The van der Waals surface area contributed by atoms with Gasteiger partial charge in [0.1, 0.15) is 0 Å². The van der Waals surface area contributed by atoms with Crippen LogP contribution in [0.5, 0.6) is 0 Å². The summed E-state index contributed by atoms with van der Waals surface area (Å²) in [6.07, 6.45) is 56.1. The number of aliphatic hydroxyl groups is 2. The molecule has 0 fully saturated rings. The molecule has 6 heteroatoms. The number of carbonyl (C=O) groups is 2. The number of unbranched alkanes of at least 4 members (excludes halogenated alkanes) is 36. The van der Waals surface area contributed by atoms with Crippen molar-refractivity contribution in [2.45, 2.75) is 302 Å². The van der Waals surface area contributed by atoms with Crippen LogP contribution in [0.4, 0.5) is 0 Å². The molecule has 0 spiro atoms.